The number of aromatic nitrogens is 1. The molecule has 0 N–H and O–H groups in total. The van der Waals surface area contributed by atoms with E-state index in [4.69, 9.17) is 0 Å². The Bertz CT molecular complexity index is 781. The molecule has 0 spiro atoms. The van der Waals surface area contributed by atoms with Gasteiger partial charge in [0, 0.05) is 38.4 Å². The first kappa shape index (κ1) is 16.4. The molecular formula is C19H25N3O3. The third kappa shape index (κ3) is 2.77. The van der Waals surface area contributed by atoms with Crippen LogP contribution in [0.4, 0.5) is 0 Å². The number of aryl methyl sites for hydroxylation is 1. The number of likely N-dealkylation sites (tertiary alicyclic amines) is 1. The maximum atomic E-state index is 13.2. The quantitative estimate of drug-likeness (QED) is 0.819. The van der Waals surface area contributed by atoms with Crippen molar-refractivity contribution in [3.8, 4) is 0 Å². The lowest BCUT2D eigenvalue weighted by Crippen LogP contribution is -2.44. The minimum absolute atomic E-state index is 0.0543. The molecule has 1 aromatic heterocycles. The van der Waals surface area contributed by atoms with Crippen LogP contribution in [0.25, 0.3) is 0 Å². The second-order valence-electron chi connectivity index (χ2n) is 7.76. The van der Waals surface area contributed by atoms with E-state index < -0.39 is 0 Å². The van der Waals surface area contributed by atoms with E-state index in [2.05, 4.69) is 0 Å². The van der Waals surface area contributed by atoms with Crippen molar-refractivity contribution in [1.29, 1.82) is 0 Å². The minimum Gasteiger partial charge on any atom is -0.341 e. The van der Waals surface area contributed by atoms with E-state index in [0.717, 1.165) is 37.7 Å². The van der Waals surface area contributed by atoms with Gasteiger partial charge in [-0.15, -0.1) is 0 Å². The molecule has 3 aliphatic rings. The maximum absolute atomic E-state index is 13.2. The SMILES string of the molecule is Cc1ccn(C2CC2)c(=O)c1C(=O)N1C[C@H]2CCC[C@@H](C1)N(C)C2=O. The average molecular weight is 343 g/mol. The van der Waals surface area contributed by atoms with Crippen molar-refractivity contribution >= 4 is 11.8 Å². The molecule has 6 heteroatoms. The van der Waals surface area contributed by atoms with Crippen LogP contribution in [0.2, 0.25) is 0 Å². The summed E-state index contributed by atoms with van der Waals surface area (Å²) in [6.07, 6.45) is 6.58. The Morgan fingerprint density at radius 2 is 1.84 bits per heavy atom. The number of hydrogen-bond acceptors (Lipinski definition) is 3. The lowest BCUT2D eigenvalue weighted by atomic mass is 9.98. The number of amides is 2. The molecule has 1 aromatic rings. The molecule has 0 aromatic carbocycles. The molecule has 2 atom stereocenters. The summed E-state index contributed by atoms with van der Waals surface area (Å²) in [7, 11) is 1.84. The number of fused-ring (bicyclic) bond motifs is 3. The van der Waals surface area contributed by atoms with Crippen LogP contribution in [-0.2, 0) is 4.79 Å². The van der Waals surface area contributed by atoms with E-state index in [-0.39, 0.29) is 40.9 Å². The molecule has 1 aliphatic carbocycles. The van der Waals surface area contributed by atoms with Gasteiger partial charge in [0.05, 0.1) is 5.92 Å². The zero-order valence-corrected chi connectivity index (χ0v) is 14.9. The van der Waals surface area contributed by atoms with E-state index in [1.807, 2.05) is 24.9 Å². The molecule has 3 fully saturated rings. The van der Waals surface area contributed by atoms with Crippen LogP contribution in [0.5, 0.6) is 0 Å². The van der Waals surface area contributed by atoms with Crippen molar-refractivity contribution in [2.75, 3.05) is 20.1 Å². The van der Waals surface area contributed by atoms with Crippen molar-refractivity contribution in [2.45, 2.75) is 51.1 Å². The van der Waals surface area contributed by atoms with Gasteiger partial charge in [-0.05, 0) is 44.2 Å². The summed E-state index contributed by atoms with van der Waals surface area (Å²) < 4.78 is 1.70. The largest absolute Gasteiger partial charge is 0.341 e. The average Bonchev–Trinajstić information content (AvgIpc) is 3.39. The zero-order valence-electron chi connectivity index (χ0n) is 14.9. The highest BCUT2D eigenvalue weighted by Gasteiger charge is 2.39. The highest BCUT2D eigenvalue weighted by atomic mass is 16.2. The molecule has 1 saturated carbocycles. The number of hydrogen-bond donors (Lipinski definition) is 0. The molecule has 2 bridgehead atoms. The summed E-state index contributed by atoms with van der Waals surface area (Å²) in [6, 6.07) is 2.16. The molecule has 0 radical (unpaired) electrons. The second-order valence-corrected chi connectivity index (χ2v) is 7.76. The van der Waals surface area contributed by atoms with Gasteiger partial charge in [-0.25, -0.2) is 0 Å². The van der Waals surface area contributed by atoms with Crippen LogP contribution in [0, 0.1) is 12.8 Å². The maximum Gasteiger partial charge on any atom is 0.263 e. The summed E-state index contributed by atoms with van der Waals surface area (Å²) >= 11 is 0. The van der Waals surface area contributed by atoms with Crippen LogP contribution < -0.4 is 5.56 Å². The van der Waals surface area contributed by atoms with Crippen molar-refractivity contribution in [3.05, 3.63) is 33.7 Å². The molecule has 25 heavy (non-hydrogen) atoms. The predicted molar refractivity (Wildman–Crippen MR) is 93.5 cm³/mol. The Kier molecular flexibility index (Phi) is 3.93. The van der Waals surface area contributed by atoms with E-state index >= 15 is 0 Å². The summed E-state index contributed by atoms with van der Waals surface area (Å²) in [4.78, 5) is 42.2. The first-order valence-corrected chi connectivity index (χ1v) is 9.25. The number of pyridine rings is 1. The fourth-order valence-corrected chi connectivity index (χ4v) is 4.23. The molecule has 3 heterocycles. The first-order valence-electron chi connectivity index (χ1n) is 9.25. The van der Waals surface area contributed by atoms with Crippen LogP contribution in [0.3, 0.4) is 0 Å². The third-order valence-electron chi connectivity index (χ3n) is 5.98. The number of nitrogens with zero attached hydrogens (tertiary/aromatic N) is 3. The van der Waals surface area contributed by atoms with Crippen LogP contribution in [0.15, 0.2) is 17.1 Å². The molecule has 4 rings (SSSR count). The van der Waals surface area contributed by atoms with E-state index in [1.165, 1.54) is 0 Å². The topological polar surface area (TPSA) is 62.6 Å². The standard InChI is InChI=1S/C19H25N3O3/c1-12-8-9-22(14-6-7-14)19(25)16(12)18(24)21-10-13-4-3-5-15(11-21)20(2)17(13)23/h8-9,13-15H,3-7,10-11H2,1-2H3/t13-,15+/m1/s1. The molecule has 0 unspecified atom stereocenters. The van der Waals surface area contributed by atoms with Crippen LogP contribution >= 0.6 is 0 Å². The summed E-state index contributed by atoms with van der Waals surface area (Å²) in [5.41, 5.74) is 0.826. The molecule has 6 nitrogen and oxygen atoms in total. The van der Waals surface area contributed by atoms with Gasteiger partial charge < -0.3 is 14.4 Å². The van der Waals surface area contributed by atoms with Crippen molar-refractivity contribution < 1.29 is 9.59 Å². The molecular weight excluding hydrogens is 318 g/mol. The van der Waals surface area contributed by atoms with Gasteiger partial charge in [0.1, 0.15) is 5.56 Å². The Morgan fingerprint density at radius 3 is 2.56 bits per heavy atom. The third-order valence-corrected chi connectivity index (χ3v) is 5.98. The lowest BCUT2D eigenvalue weighted by Gasteiger charge is -2.29. The Morgan fingerprint density at radius 1 is 1.08 bits per heavy atom. The summed E-state index contributed by atoms with van der Waals surface area (Å²) in [5, 5.41) is 0. The predicted octanol–water partition coefficient (Wildman–Crippen LogP) is 1.57. The smallest absolute Gasteiger partial charge is 0.263 e. The fraction of sp³-hybridized carbons (Fsp3) is 0.632. The number of carbonyl (C=O) groups excluding carboxylic acids is 2. The molecule has 2 amide bonds. The number of rotatable bonds is 2. The highest BCUT2D eigenvalue weighted by molar-refractivity contribution is 5.96. The van der Waals surface area contributed by atoms with Gasteiger partial charge in [-0.2, -0.15) is 0 Å². The van der Waals surface area contributed by atoms with Gasteiger partial charge >= 0.3 is 0 Å². The van der Waals surface area contributed by atoms with E-state index in [0.29, 0.717) is 13.1 Å². The van der Waals surface area contributed by atoms with Crippen molar-refractivity contribution in [1.82, 2.24) is 14.4 Å². The van der Waals surface area contributed by atoms with Gasteiger partial charge in [0.25, 0.3) is 11.5 Å². The Labute approximate surface area is 147 Å². The van der Waals surface area contributed by atoms with E-state index in [1.54, 1.807) is 15.7 Å². The van der Waals surface area contributed by atoms with Gasteiger partial charge in [0.15, 0.2) is 0 Å². The monoisotopic (exact) mass is 343 g/mol. The van der Waals surface area contributed by atoms with Crippen LogP contribution in [0.1, 0.15) is 54.1 Å². The summed E-state index contributed by atoms with van der Waals surface area (Å²) in [5.74, 6) is -0.216. The molecule has 134 valence electrons. The number of carbonyl (C=O) groups is 2. The highest BCUT2D eigenvalue weighted by Crippen LogP contribution is 2.33. The first-order chi connectivity index (χ1) is 12.0. The Hall–Kier alpha value is -2.11. The molecule has 2 aliphatic heterocycles. The lowest BCUT2D eigenvalue weighted by molar-refractivity contribution is -0.134. The fourth-order valence-electron chi connectivity index (χ4n) is 4.23. The van der Waals surface area contributed by atoms with E-state index in [9.17, 15) is 14.4 Å². The van der Waals surface area contributed by atoms with Crippen molar-refractivity contribution in [2.24, 2.45) is 5.92 Å². The Balaban J connectivity index is 1.69. The normalized spacial score (nSPS) is 26.6. The van der Waals surface area contributed by atoms with Crippen LogP contribution in [-0.4, -0.2) is 52.4 Å². The molecule has 2 saturated heterocycles. The zero-order chi connectivity index (χ0) is 17.7. The minimum atomic E-state index is -0.211. The van der Waals surface area contributed by atoms with Gasteiger partial charge in [-0.3, -0.25) is 14.4 Å². The number of likely N-dealkylation sites (N-methyl/N-ethyl adjacent to an activating group) is 1. The van der Waals surface area contributed by atoms with Gasteiger partial charge in [0.2, 0.25) is 5.91 Å². The van der Waals surface area contributed by atoms with Crippen molar-refractivity contribution in [3.63, 3.8) is 0 Å². The van der Waals surface area contributed by atoms with Gasteiger partial charge in [-0.1, -0.05) is 6.42 Å². The second kappa shape index (κ2) is 6.00. The summed E-state index contributed by atoms with van der Waals surface area (Å²) in [6.45, 7) is 2.77.